The third-order valence-corrected chi connectivity index (χ3v) is 4.50. The zero-order chi connectivity index (χ0) is 19.0. The molecular formula is C23H26FeO2Si+2. The second-order valence-corrected chi connectivity index (χ2v) is 11.6. The molecule has 0 N–H and O–H groups in total. The van der Waals surface area contributed by atoms with Crippen LogP contribution in [0.1, 0.15) is 11.1 Å². The van der Waals surface area contributed by atoms with Gasteiger partial charge < -0.3 is 9.47 Å². The fraction of sp³-hybridized carbons (Fsp3) is 0.217. The smallest absolute Gasteiger partial charge is 0.496 e. The zero-order valence-corrected chi connectivity index (χ0v) is 18.6. The van der Waals surface area contributed by atoms with Crippen LogP contribution in [-0.2, 0) is 17.1 Å². The molecule has 0 unspecified atom stereocenters. The van der Waals surface area contributed by atoms with Crippen molar-refractivity contribution >= 4 is 8.07 Å². The van der Waals surface area contributed by atoms with E-state index in [1.54, 1.807) is 14.2 Å². The van der Waals surface area contributed by atoms with Gasteiger partial charge in [-0.3, -0.25) is 0 Å². The Kier molecular flexibility index (Phi) is 10.6. The van der Waals surface area contributed by atoms with E-state index in [0.29, 0.717) is 0 Å². The monoisotopic (exact) mass is 418 g/mol. The molecular weight excluding hydrogens is 392 g/mol. The van der Waals surface area contributed by atoms with Crippen molar-refractivity contribution in [3.05, 3.63) is 87.0 Å². The summed E-state index contributed by atoms with van der Waals surface area (Å²) in [6, 6.07) is 3.97. The summed E-state index contributed by atoms with van der Waals surface area (Å²) < 4.78 is 11.0. The molecule has 0 heterocycles. The summed E-state index contributed by atoms with van der Waals surface area (Å²) in [4.78, 5) is 0. The van der Waals surface area contributed by atoms with E-state index in [1.807, 2.05) is 57.1 Å². The van der Waals surface area contributed by atoms with Gasteiger partial charge in [0.1, 0.15) is 19.6 Å². The Morgan fingerprint density at radius 2 is 1.26 bits per heavy atom. The summed E-state index contributed by atoms with van der Waals surface area (Å²) in [5.74, 6) is 5.99. The van der Waals surface area contributed by atoms with Crippen LogP contribution in [0.3, 0.4) is 0 Å². The predicted molar refractivity (Wildman–Crippen MR) is 111 cm³/mol. The van der Waals surface area contributed by atoms with Crippen LogP contribution in [-0.4, -0.2) is 22.3 Å². The van der Waals surface area contributed by atoms with Gasteiger partial charge in [0.05, 0.1) is 19.8 Å². The third kappa shape index (κ3) is 7.94. The quantitative estimate of drug-likeness (QED) is 0.523. The first kappa shape index (κ1) is 24.2. The number of methoxy groups -OCH3 is 2. The second kappa shape index (κ2) is 11.8. The zero-order valence-electron chi connectivity index (χ0n) is 16.5. The number of hydrogen-bond acceptors (Lipinski definition) is 2. The largest absolute Gasteiger partial charge is 2.00 e. The SMILES string of the molecule is COc1cc([C]2[CH][CH][CH][CH]2)c(OC)cc1C#C[Si](C)(C)C.[CH]1[CH][CH][CH][CH]1.[Fe+2]. The van der Waals surface area contributed by atoms with E-state index in [-0.39, 0.29) is 17.1 Å². The molecule has 2 saturated carbocycles. The molecule has 2 aliphatic rings. The molecule has 0 atom stereocenters. The maximum atomic E-state index is 5.53. The van der Waals surface area contributed by atoms with E-state index in [2.05, 4.69) is 43.9 Å². The first-order valence-corrected chi connectivity index (χ1v) is 12.1. The molecule has 0 amide bonds. The average molecular weight is 418 g/mol. The molecule has 0 spiro atoms. The van der Waals surface area contributed by atoms with E-state index >= 15 is 0 Å². The maximum Gasteiger partial charge on any atom is 2.00 e. The average Bonchev–Trinajstić information content (AvgIpc) is 3.34. The van der Waals surface area contributed by atoms with Gasteiger partial charge in [-0.25, -0.2) is 0 Å². The molecule has 140 valence electrons. The van der Waals surface area contributed by atoms with Crippen LogP contribution >= 0.6 is 0 Å². The molecule has 0 aliphatic heterocycles. The molecule has 4 heteroatoms. The van der Waals surface area contributed by atoms with Crippen molar-refractivity contribution in [2.75, 3.05) is 14.2 Å². The number of benzene rings is 1. The molecule has 27 heavy (non-hydrogen) atoms. The van der Waals surface area contributed by atoms with Crippen LogP contribution in [0.25, 0.3) is 0 Å². The van der Waals surface area contributed by atoms with Crippen LogP contribution in [0.4, 0.5) is 0 Å². The van der Waals surface area contributed by atoms with E-state index in [9.17, 15) is 0 Å². The van der Waals surface area contributed by atoms with Crippen molar-refractivity contribution in [2.45, 2.75) is 19.6 Å². The van der Waals surface area contributed by atoms with Crippen LogP contribution in [0.15, 0.2) is 12.1 Å². The minimum Gasteiger partial charge on any atom is -0.496 e. The van der Waals surface area contributed by atoms with Crippen molar-refractivity contribution < 1.29 is 26.5 Å². The summed E-state index contributed by atoms with van der Waals surface area (Å²) in [5, 5.41) is 0. The van der Waals surface area contributed by atoms with Gasteiger partial charge in [-0.05, 0) is 69.9 Å². The summed E-state index contributed by atoms with van der Waals surface area (Å²) in [6.07, 6.45) is 18.1. The summed E-state index contributed by atoms with van der Waals surface area (Å²) >= 11 is 0. The van der Waals surface area contributed by atoms with E-state index in [0.717, 1.165) is 28.5 Å². The number of rotatable bonds is 3. The van der Waals surface area contributed by atoms with Gasteiger partial charge >= 0.3 is 17.1 Å². The van der Waals surface area contributed by atoms with E-state index in [4.69, 9.17) is 9.47 Å². The summed E-state index contributed by atoms with van der Waals surface area (Å²) in [7, 11) is 1.93. The van der Waals surface area contributed by atoms with E-state index in [1.165, 1.54) is 0 Å². The molecule has 1 aromatic carbocycles. The molecule has 10 radical (unpaired) electrons. The minimum atomic E-state index is -1.43. The van der Waals surface area contributed by atoms with Crippen LogP contribution in [0.5, 0.6) is 11.5 Å². The number of hydrogen-bond donors (Lipinski definition) is 0. The van der Waals surface area contributed by atoms with Gasteiger partial charge in [0.15, 0.2) is 0 Å². The van der Waals surface area contributed by atoms with Crippen LogP contribution in [0, 0.1) is 75.2 Å². The van der Waals surface area contributed by atoms with Gasteiger partial charge in [0, 0.05) is 11.5 Å². The molecule has 0 bridgehead atoms. The fourth-order valence-electron chi connectivity index (χ4n) is 2.35. The molecule has 3 rings (SSSR count). The summed E-state index contributed by atoms with van der Waals surface area (Å²) in [5.41, 5.74) is 5.28. The standard InChI is InChI=1S/C18H21O2Si.C5H5.Fe/c1-19-17-13-16(14-8-6-7-9-14)18(20-2)12-15(17)10-11-21(3,4)5;1-2-4-5-3-1;/h6-9,12-13H,1-5H3;1-5H;/q;;+2. The molecule has 1 aromatic rings. The van der Waals surface area contributed by atoms with E-state index < -0.39 is 8.07 Å². The Bertz CT molecular complexity index is 623. The Morgan fingerprint density at radius 1 is 0.741 bits per heavy atom. The van der Waals surface area contributed by atoms with Crippen molar-refractivity contribution in [2.24, 2.45) is 0 Å². The van der Waals surface area contributed by atoms with Gasteiger partial charge in [-0.15, -0.1) is 5.54 Å². The Balaban J connectivity index is 0.000000526. The van der Waals surface area contributed by atoms with Crippen LogP contribution < -0.4 is 9.47 Å². The van der Waals surface area contributed by atoms with Crippen molar-refractivity contribution in [3.8, 4) is 23.0 Å². The molecule has 0 saturated heterocycles. The molecule has 2 nitrogen and oxygen atoms in total. The predicted octanol–water partition coefficient (Wildman–Crippen LogP) is 4.71. The maximum absolute atomic E-state index is 5.53. The van der Waals surface area contributed by atoms with Gasteiger partial charge in [0.25, 0.3) is 0 Å². The second-order valence-electron chi connectivity index (χ2n) is 6.89. The van der Waals surface area contributed by atoms with Crippen LogP contribution in [0.2, 0.25) is 19.6 Å². The van der Waals surface area contributed by atoms with Crippen molar-refractivity contribution in [1.29, 1.82) is 0 Å². The molecule has 0 aromatic heterocycles. The van der Waals surface area contributed by atoms with Gasteiger partial charge in [-0.2, -0.15) is 0 Å². The first-order chi connectivity index (χ1) is 12.4. The Labute approximate surface area is 178 Å². The van der Waals surface area contributed by atoms with Gasteiger partial charge in [-0.1, -0.05) is 25.6 Å². The first-order valence-electron chi connectivity index (χ1n) is 8.62. The minimum absolute atomic E-state index is 0. The number of ether oxygens (including phenoxy) is 2. The molecule has 2 fully saturated rings. The van der Waals surface area contributed by atoms with Crippen molar-refractivity contribution in [1.82, 2.24) is 0 Å². The fourth-order valence-corrected chi connectivity index (χ4v) is 2.86. The topological polar surface area (TPSA) is 18.5 Å². The normalized spacial score (nSPS) is 16.5. The van der Waals surface area contributed by atoms with Gasteiger partial charge in [0.2, 0.25) is 0 Å². The third-order valence-electron chi connectivity index (χ3n) is 3.62. The summed E-state index contributed by atoms with van der Waals surface area (Å²) in [6.45, 7) is 6.67. The molecule has 2 aliphatic carbocycles. The Morgan fingerprint density at radius 3 is 1.70 bits per heavy atom. The van der Waals surface area contributed by atoms with Crippen molar-refractivity contribution in [3.63, 3.8) is 0 Å². The Hall–Kier alpha value is -0.884.